The average molecular weight is 273 g/mol. The predicted molar refractivity (Wildman–Crippen MR) is 71.7 cm³/mol. The third-order valence-corrected chi connectivity index (χ3v) is 3.47. The first-order valence-electron chi connectivity index (χ1n) is 6.55. The van der Waals surface area contributed by atoms with Crippen LogP contribution in [0.4, 0.5) is 5.82 Å². The van der Waals surface area contributed by atoms with Crippen LogP contribution in [0.15, 0.2) is 30.6 Å². The second-order valence-corrected chi connectivity index (χ2v) is 4.82. The molecule has 1 saturated heterocycles. The lowest BCUT2D eigenvalue weighted by Crippen LogP contribution is -2.39. The van der Waals surface area contributed by atoms with Crippen molar-refractivity contribution in [1.29, 1.82) is 0 Å². The van der Waals surface area contributed by atoms with Gasteiger partial charge in [-0.05, 0) is 31.0 Å². The summed E-state index contributed by atoms with van der Waals surface area (Å²) in [6.07, 6.45) is 5.06. The van der Waals surface area contributed by atoms with Crippen LogP contribution in [0.3, 0.4) is 0 Å². The van der Waals surface area contributed by atoms with Crippen LogP contribution in [-0.4, -0.2) is 44.1 Å². The van der Waals surface area contributed by atoms with E-state index in [9.17, 15) is 4.79 Å². The quantitative estimate of drug-likeness (QED) is 0.896. The molecule has 1 aliphatic heterocycles. The lowest BCUT2D eigenvalue weighted by molar-refractivity contribution is -0.141. The Balaban J connectivity index is 1.76. The van der Waals surface area contributed by atoms with E-state index in [1.165, 1.54) is 0 Å². The number of hydrogen-bond donors (Lipinski definition) is 1. The Hall–Kier alpha value is -2.44. The van der Waals surface area contributed by atoms with Crippen molar-refractivity contribution < 1.29 is 9.90 Å². The molecule has 2 aromatic rings. The summed E-state index contributed by atoms with van der Waals surface area (Å²) in [6.45, 7) is 1.31. The molecule has 1 N–H and O–H groups in total. The fourth-order valence-corrected chi connectivity index (χ4v) is 2.40. The maximum atomic E-state index is 11.1. The zero-order chi connectivity index (χ0) is 13.9. The fraction of sp³-hybridized carbons (Fsp3) is 0.385. The van der Waals surface area contributed by atoms with Gasteiger partial charge in [0.25, 0.3) is 0 Å². The van der Waals surface area contributed by atoms with Crippen LogP contribution in [0.2, 0.25) is 0 Å². The SMILES string of the molecule is O=C(O)[C@H]1CCCN(c2ccc(-n3cccn3)nn2)C1. The number of anilines is 1. The third-order valence-electron chi connectivity index (χ3n) is 3.47. The zero-order valence-electron chi connectivity index (χ0n) is 10.9. The highest BCUT2D eigenvalue weighted by atomic mass is 16.4. The van der Waals surface area contributed by atoms with E-state index in [-0.39, 0.29) is 5.92 Å². The van der Waals surface area contributed by atoms with Crippen LogP contribution >= 0.6 is 0 Å². The predicted octanol–water partition coefficient (Wildman–Crippen LogP) is 0.963. The number of piperidine rings is 1. The summed E-state index contributed by atoms with van der Waals surface area (Å²) in [6, 6.07) is 5.51. The van der Waals surface area contributed by atoms with Crippen LogP contribution in [0.25, 0.3) is 5.82 Å². The highest BCUT2D eigenvalue weighted by Crippen LogP contribution is 2.21. The van der Waals surface area contributed by atoms with Crippen molar-refractivity contribution in [2.24, 2.45) is 5.92 Å². The summed E-state index contributed by atoms with van der Waals surface area (Å²) in [4.78, 5) is 13.0. The van der Waals surface area contributed by atoms with Crippen LogP contribution in [-0.2, 0) is 4.79 Å². The number of hydrogen-bond acceptors (Lipinski definition) is 5. The van der Waals surface area contributed by atoms with Gasteiger partial charge in [-0.1, -0.05) is 0 Å². The van der Waals surface area contributed by atoms with Crippen LogP contribution in [0, 0.1) is 5.92 Å². The summed E-state index contributed by atoms with van der Waals surface area (Å²) < 4.78 is 1.63. The number of aromatic nitrogens is 4. The maximum absolute atomic E-state index is 11.1. The standard InChI is InChI=1S/C13H15N5O2/c19-13(20)10-3-1-7-17(9-10)11-4-5-12(16-15-11)18-8-2-6-14-18/h2,4-6,8,10H,1,3,7,9H2,(H,19,20)/t10-/m0/s1. The Labute approximate surface area is 115 Å². The molecule has 20 heavy (non-hydrogen) atoms. The molecule has 0 bridgehead atoms. The van der Waals surface area contributed by atoms with Gasteiger partial charge in [-0.15, -0.1) is 10.2 Å². The molecule has 0 amide bonds. The molecular weight excluding hydrogens is 258 g/mol. The number of carbonyl (C=O) groups is 1. The first-order valence-corrected chi connectivity index (χ1v) is 6.55. The molecule has 3 rings (SSSR count). The minimum absolute atomic E-state index is 0.323. The second-order valence-electron chi connectivity index (χ2n) is 4.82. The fourth-order valence-electron chi connectivity index (χ4n) is 2.40. The first kappa shape index (κ1) is 12.6. The summed E-state index contributed by atoms with van der Waals surface area (Å²) in [5.41, 5.74) is 0. The molecule has 3 heterocycles. The molecular formula is C13H15N5O2. The average Bonchev–Trinajstić information content (AvgIpc) is 3.02. The van der Waals surface area contributed by atoms with Crippen molar-refractivity contribution in [3.8, 4) is 5.82 Å². The molecule has 0 aromatic carbocycles. The van der Waals surface area contributed by atoms with Gasteiger partial charge in [-0.2, -0.15) is 5.10 Å². The summed E-state index contributed by atoms with van der Waals surface area (Å²) >= 11 is 0. The van der Waals surface area contributed by atoms with E-state index < -0.39 is 5.97 Å². The van der Waals surface area contributed by atoms with Crippen molar-refractivity contribution in [2.75, 3.05) is 18.0 Å². The van der Waals surface area contributed by atoms with Gasteiger partial charge in [0.15, 0.2) is 11.6 Å². The molecule has 2 aromatic heterocycles. The summed E-state index contributed by atoms with van der Waals surface area (Å²) in [5.74, 6) is 0.296. The lowest BCUT2D eigenvalue weighted by atomic mass is 9.98. The molecule has 0 aliphatic carbocycles. The molecule has 1 aliphatic rings. The molecule has 0 radical (unpaired) electrons. The van der Waals surface area contributed by atoms with E-state index in [2.05, 4.69) is 15.3 Å². The van der Waals surface area contributed by atoms with Crippen molar-refractivity contribution in [1.82, 2.24) is 20.0 Å². The topological polar surface area (TPSA) is 84.1 Å². The Morgan fingerprint density at radius 3 is 2.75 bits per heavy atom. The third kappa shape index (κ3) is 2.47. The van der Waals surface area contributed by atoms with Gasteiger partial charge in [-0.3, -0.25) is 4.79 Å². The van der Waals surface area contributed by atoms with Crippen molar-refractivity contribution >= 4 is 11.8 Å². The Morgan fingerprint density at radius 2 is 2.10 bits per heavy atom. The molecule has 0 saturated carbocycles. The minimum atomic E-state index is -0.740. The van der Waals surface area contributed by atoms with Crippen molar-refractivity contribution in [3.63, 3.8) is 0 Å². The number of nitrogens with zero attached hydrogens (tertiary/aromatic N) is 5. The maximum Gasteiger partial charge on any atom is 0.308 e. The Kier molecular flexibility index (Phi) is 3.32. The molecule has 0 unspecified atom stereocenters. The first-order chi connectivity index (χ1) is 9.74. The van der Waals surface area contributed by atoms with Crippen molar-refractivity contribution in [2.45, 2.75) is 12.8 Å². The highest BCUT2D eigenvalue weighted by Gasteiger charge is 2.26. The molecule has 7 nitrogen and oxygen atoms in total. The van der Waals surface area contributed by atoms with Gasteiger partial charge in [-0.25, -0.2) is 4.68 Å². The van der Waals surface area contributed by atoms with Crippen LogP contribution < -0.4 is 4.90 Å². The Morgan fingerprint density at radius 1 is 1.30 bits per heavy atom. The largest absolute Gasteiger partial charge is 0.481 e. The molecule has 104 valence electrons. The molecule has 1 fully saturated rings. The zero-order valence-corrected chi connectivity index (χ0v) is 10.9. The molecule has 0 spiro atoms. The van der Waals surface area contributed by atoms with Gasteiger partial charge < -0.3 is 10.0 Å². The van der Waals surface area contributed by atoms with Crippen LogP contribution in [0.5, 0.6) is 0 Å². The number of carboxylic acids is 1. The summed E-state index contributed by atoms with van der Waals surface area (Å²) in [5, 5.41) is 21.5. The lowest BCUT2D eigenvalue weighted by Gasteiger charge is -2.31. The van der Waals surface area contributed by atoms with Gasteiger partial charge >= 0.3 is 5.97 Å². The van der Waals surface area contributed by atoms with E-state index in [0.29, 0.717) is 18.2 Å². The van der Waals surface area contributed by atoms with Crippen molar-refractivity contribution in [3.05, 3.63) is 30.6 Å². The second kappa shape index (κ2) is 5.28. The number of rotatable bonds is 3. The number of aliphatic carboxylic acids is 1. The van der Waals surface area contributed by atoms with Gasteiger partial charge in [0, 0.05) is 25.5 Å². The monoisotopic (exact) mass is 273 g/mol. The van der Waals surface area contributed by atoms with Gasteiger partial charge in [0.1, 0.15) is 0 Å². The van der Waals surface area contributed by atoms with E-state index in [4.69, 9.17) is 5.11 Å². The molecule has 7 heteroatoms. The van der Waals surface area contributed by atoms with E-state index in [1.807, 2.05) is 23.1 Å². The van der Waals surface area contributed by atoms with Crippen LogP contribution in [0.1, 0.15) is 12.8 Å². The normalized spacial score (nSPS) is 19.0. The smallest absolute Gasteiger partial charge is 0.308 e. The van der Waals surface area contributed by atoms with E-state index >= 15 is 0 Å². The van der Waals surface area contributed by atoms with E-state index in [0.717, 1.165) is 19.4 Å². The minimum Gasteiger partial charge on any atom is -0.481 e. The number of carboxylic acid groups (broad SMARTS) is 1. The highest BCUT2D eigenvalue weighted by molar-refractivity contribution is 5.71. The van der Waals surface area contributed by atoms with Gasteiger partial charge in [0.05, 0.1) is 5.92 Å². The summed E-state index contributed by atoms with van der Waals surface area (Å²) in [7, 11) is 0. The Bertz CT molecular complexity index is 581. The van der Waals surface area contributed by atoms with Gasteiger partial charge in [0.2, 0.25) is 0 Å². The van der Waals surface area contributed by atoms with E-state index in [1.54, 1.807) is 17.1 Å². The molecule has 1 atom stereocenters.